The number of hydrogen-bond donors (Lipinski definition) is 0. The zero-order chi connectivity index (χ0) is 17.8. The van der Waals surface area contributed by atoms with E-state index in [-0.39, 0.29) is 6.13 Å². The van der Waals surface area contributed by atoms with E-state index in [1.807, 2.05) is 12.1 Å². The topological polar surface area (TPSA) is 0 Å². The van der Waals surface area contributed by atoms with Gasteiger partial charge in [-0.1, -0.05) is 120 Å². The van der Waals surface area contributed by atoms with Crippen molar-refractivity contribution in [2.75, 3.05) is 0 Å². The summed E-state index contributed by atoms with van der Waals surface area (Å²) < 4.78 is 0. The predicted octanol–water partition coefficient (Wildman–Crippen LogP) is 5.37. The van der Waals surface area contributed by atoms with Gasteiger partial charge in [-0.2, -0.15) is 11.5 Å². The number of benzene rings is 4. The fraction of sp³-hybridized carbons (Fsp3) is 0. The lowest BCUT2D eigenvalue weighted by atomic mass is 9.62. The monoisotopic (exact) mass is 352 g/mol. The number of rotatable bonds is 4. The third kappa shape index (κ3) is 3.59. The van der Waals surface area contributed by atoms with Gasteiger partial charge in [0.15, 0.2) is 0 Å². The first-order valence-corrected chi connectivity index (χ1v) is 9.20. The molecule has 124 valence electrons. The molecule has 0 aliphatic carbocycles. The lowest BCUT2D eigenvalue weighted by Gasteiger charge is -2.10. The first-order chi connectivity index (χ1) is 12.8. The van der Waals surface area contributed by atoms with Crippen LogP contribution in [-0.2, 0) is 0 Å². The SMILES string of the molecule is ClB(c1ccc(-c2ccccc2)cc1)c1ccc(-c2ccccc2)cc1. The van der Waals surface area contributed by atoms with Crippen LogP contribution in [-0.4, -0.2) is 6.13 Å². The lowest BCUT2D eigenvalue weighted by Crippen LogP contribution is -2.36. The highest BCUT2D eigenvalue weighted by Crippen LogP contribution is 2.19. The molecule has 0 nitrogen and oxygen atoms in total. The lowest BCUT2D eigenvalue weighted by molar-refractivity contribution is 1.63. The Balaban J connectivity index is 1.55. The highest BCUT2D eigenvalue weighted by atomic mass is 35.5. The molecular weight excluding hydrogens is 335 g/mol. The molecule has 0 bridgehead atoms. The van der Waals surface area contributed by atoms with Crippen LogP contribution in [0.15, 0.2) is 109 Å². The van der Waals surface area contributed by atoms with Gasteiger partial charge in [-0.15, -0.1) is 0 Å². The van der Waals surface area contributed by atoms with Crippen molar-refractivity contribution in [1.29, 1.82) is 0 Å². The van der Waals surface area contributed by atoms with Gasteiger partial charge in [0.2, 0.25) is 0 Å². The average molecular weight is 353 g/mol. The van der Waals surface area contributed by atoms with Crippen LogP contribution in [0.25, 0.3) is 22.3 Å². The molecule has 4 aromatic carbocycles. The van der Waals surface area contributed by atoms with E-state index in [2.05, 4.69) is 97.1 Å². The average Bonchev–Trinajstić information content (AvgIpc) is 2.75. The minimum Gasteiger partial charge on any atom is -0.182 e. The maximum Gasteiger partial charge on any atom is 0.315 e. The predicted molar refractivity (Wildman–Crippen MR) is 115 cm³/mol. The zero-order valence-corrected chi connectivity index (χ0v) is 15.1. The van der Waals surface area contributed by atoms with Crippen LogP contribution in [0.4, 0.5) is 0 Å². The number of halogens is 1. The smallest absolute Gasteiger partial charge is 0.182 e. The standard InChI is InChI=1S/C24H18BCl/c26-25(23-15-11-21(12-16-23)19-7-3-1-4-8-19)24-17-13-22(14-18-24)20-9-5-2-6-10-20/h1-18H. The van der Waals surface area contributed by atoms with E-state index < -0.39 is 0 Å². The normalized spacial score (nSPS) is 10.5. The molecule has 4 rings (SSSR count). The van der Waals surface area contributed by atoms with Crippen LogP contribution in [0.2, 0.25) is 0 Å². The van der Waals surface area contributed by atoms with Crippen LogP contribution in [0.1, 0.15) is 0 Å². The van der Waals surface area contributed by atoms with Crippen LogP contribution in [0.5, 0.6) is 0 Å². The molecule has 0 heterocycles. The van der Waals surface area contributed by atoms with E-state index >= 15 is 0 Å². The summed E-state index contributed by atoms with van der Waals surface area (Å²) in [5.41, 5.74) is 7.07. The summed E-state index contributed by atoms with van der Waals surface area (Å²) >= 11 is 6.73. The Labute approximate surface area is 160 Å². The molecule has 0 saturated carbocycles. The quantitative estimate of drug-likeness (QED) is 0.433. The third-order valence-electron chi connectivity index (χ3n) is 4.62. The summed E-state index contributed by atoms with van der Waals surface area (Å²) in [5.74, 6) is 0. The molecule has 0 aliphatic rings. The van der Waals surface area contributed by atoms with Crippen molar-refractivity contribution in [2.45, 2.75) is 0 Å². The van der Waals surface area contributed by atoms with E-state index in [1.54, 1.807) is 0 Å². The van der Waals surface area contributed by atoms with Gasteiger partial charge in [-0.3, -0.25) is 0 Å². The Kier molecular flexibility index (Phi) is 4.90. The van der Waals surface area contributed by atoms with Crippen molar-refractivity contribution in [3.05, 3.63) is 109 Å². The third-order valence-corrected chi connectivity index (χ3v) is 5.12. The van der Waals surface area contributed by atoms with Gasteiger partial charge in [-0.05, 0) is 22.3 Å². The summed E-state index contributed by atoms with van der Waals surface area (Å²) in [7, 11) is 0. The Morgan fingerprint density at radius 2 is 0.692 bits per heavy atom. The molecule has 0 amide bonds. The molecule has 4 aromatic rings. The van der Waals surface area contributed by atoms with Gasteiger partial charge in [0.05, 0.1) is 0 Å². The second-order valence-electron chi connectivity index (χ2n) is 6.34. The molecule has 0 unspecified atom stereocenters. The van der Waals surface area contributed by atoms with Gasteiger partial charge >= 0.3 is 6.13 Å². The van der Waals surface area contributed by atoms with Gasteiger partial charge < -0.3 is 0 Å². The zero-order valence-electron chi connectivity index (χ0n) is 14.3. The van der Waals surface area contributed by atoms with Crippen LogP contribution in [0, 0.1) is 0 Å². The van der Waals surface area contributed by atoms with Gasteiger partial charge in [0.1, 0.15) is 0 Å². The van der Waals surface area contributed by atoms with E-state index in [0.717, 1.165) is 10.9 Å². The Morgan fingerprint density at radius 1 is 0.385 bits per heavy atom. The van der Waals surface area contributed by atoms with E-state index in [4.69, 9.17) is 11.5 Å². The second-order valence-corrected chi connectivity index (χ2v) is 6.78. The molecule has 26 heavy (non-hydrogen) atoms. The maximum atomic E-state index is 6.73. The highest BCUT2D eigenvalue weighted by Gasteiger charge is 2.16. The molecule has 0 N–H and O–H groups in total. The van der Waals surface area contributed by atoms with Crippen molar-refractivity contribution in [2.24, 2.45) is 0 Å². The highest BCUT2D eigenvalue weighted by molar-refractivity contribution is 7.21. The summed E-state index contributed by atoms with van der Waals surface area (Å²) in [4.78, 5) is 0. The van der Waals surface area contributed by atoms with Crippen LogP contribution < -0.4 is 10.9 Å². The minimum absolute atomic E-state index is 0.148. The van der Waals surface area contributed by atoms with E-state index in [0.29, 0.717) is 0 Å². The first-order valence-electron chi connectivity index (χ1n) is 8.76. The fourth-order valence-corrected chi connectivity index (χ4v) is 3.43. The molecule has 0 saturated heterocycles. The van der Waals surface area contributed by atoms with Crippen molar-refractivity contribution >= 4 is 28.5 Å². The summed E-state index contributed by atoms with van der Waals surface area (Å²) in [6.07, 6.45) is -0.148. The van der Waals surface area contributed by atoms with Crippen LogP contribution >= 0.6 is 11.5 Å². The van der Waals surface area contributed by atoms with Crippen molar-refractivity contribution < 1.29 is 0 Å². The maximum absolute atomic E-state index is 6.73. The molecular formula is C24H18BCl. The van der Waals surface area contributed by atoms with Gasteiger partial charge in [-0.25, -0.2) is 0 Å². The van der Waals surface area contributed by atoms with Crippen molar-refractivity contribution in [3.8, 4) is 22.3 Å². The second kappa shape index (κ2) is 7.64. The summed E-state index contributed by atoms with van der Waals surface area (Å²) in [6.45, 7) is 0. The van der Waals surface area contributed by atoms with Crippen LogP contribution in [0.3, 0.4) is 0 Å². The molecule has 0 spiro atoms. The molecule has 2 heteroatoms. The minimum atomic E-state index is -0.148. The number of hydrogen-bond acceptors (Lipinski definition) is 0. The molecule has 0 atom stereocenters. The van der Waals surface area contributed by atoms with Gasteiger partial charge in [0, 0.05) is 0 Å². The van der Waals surface area contributed by atoms with E-state index in [1.165, 1.54) is 22.3 Å². The Morgan fingerprint density at radius 3 is 1.04 bits per heavy atom. The Bertz CT molecular complexity index is 879. The first kappa shape index (κ1) is 16.7. The fourth-order valence-electron chi connectivity index (χ4n) is 3.14. The molecule has 0 aromatic heterocycles. The van der Waals surface area contributed by atoms with E-state index in [9.17, 15) is 0 Å². The molecule has 0 radical (unpaired) electrons. The van der Waals surface area contributed by atoms with Crippen molar-refractivity contribution in [3.63, 3.8) is 0 Å². The summed E-state index contributed by atoms with van der Waals surface area (Å²) in [5, 5.41) is 0. The molecule has 0 fully saturated rings. The van der Waals surface area contributed by atoms with Crippen molar-refractivity contribution in [1.82, 2.24) is 0 Å². The summed E-state index contributed by atoms with van der Waals surface area (Å²) in [6, 6.07) is 37.8. The molecule has 0 aliphatic heterocycles. The Hall–Kier alpha value is -2.77. The van der Waals surface area contributed by atoms with Gasteiger partial charge in [0.25, 0.3) is 0 Å². The largest absolute Gasteiger partial charge is 0.315 e.